The maximum atomic E-state index is 13.8. The minimum Gasteiger partial charge on any atom is -0.465 e. The molecule has 0 radical (unpaired) electrons. The maximum Gasteiger partial charge on any atom is 0.407 e. The van der Waals surface area contributed by atoms with Crippen molar-refractivity contribution in [2.24, 2.45) is 0 Å². The molecule has 14 nitrogen and oxygen atoms in total. The molecule has 2 saturated heterocycles. The van der Waals surface area contributed by atoms with E-state index in [9.17, 15) is 19.2 Å². The van der Waals surface area contributed by atoms with Crippen LogP contribution in [0.1, 0.15) is 61.0 Å². The van der Waals surface area contributed by atoms with Crippen LogP contribution in [0.2, 0.25) is 0 Å². The van der Waals surface area contributed by atoms with E-state index in [1.54, 1.807) is 22.2 Å². The lowest BCUT2D eigenvalue weighted by molar-refractivity contribution is -0.134. The number of nitrogens with one attached hydrogen (secondary N) is 4. The molecule has 4 amide bonds. The van der Waals surface area contributed by atoms with Gasteiger partial charge in [0.15, 0.2) is 0 Å². The first-order valence-corrected chi connectivity index (χ1v) is 17.6. The number of likely N-dealkylation sites (tertiary alicyclic amines) is 2. The summed E-state index contributed by atoms with van der Waals surface area (Å²) in [7, 11) is 1.27. The molecule has 2 aliphatic heterocycles. The molecule has 2 aromatic heterocycles. The number of aromatic nitrogens is 4. The van der Waals surface area contributed by atoms with E-state index in [0.29, 0.717) is 30.3 Å². The summed E-state index contributed by atoms with van der Waals surface area (Å²) in [6, 6.07) is 24.1. The van der Waals surface area contributed by atoms with Crippen LogP contribution in [-0.4, -0.2) is 85.6 Å². The van der Waals surface area contributed by atoms with E-state index in [4.69, 9.17) is 9.84 Å². The number of imidazole rings is 2. The Morgan fingerprint density at radius 3 is 1.81 bits per heavy atom. The minimum atomic E-state index is -1.23. The second-order valence-electron chi connectivity index (χ2n) is 13.1. The summed E-state index contributed by atoms with van der Waals surface area (Å²) < 4.78 is 4.81. The fraction of sp³-hybridized carbons (Fsp3) is 0.282. The molecule has 4 heterocycles. The molecule has 2 fully saturated rings. The van der Waals surface area contributed by atoms with Gasteiger partial charge in [-0.3, -0.25) is 9.59 Å². The fourth-order valence-electron chi connectivity index (χ4n) is 7.18. The Balaban J connectivity index is 1.01. The molecule has 0 aliphatic carbocycles. The second-order valence-corrected chi connectivity index (χ2v) is 13.1. The molecule has 3 aromatic carbocycles. The molecular weight excluding hydrogens is 676 g/mol. The molecule has 0 unspecified atom stereocenters. The molecule has 53 heavy (non-hydrogen) atoms. The summed E-state index contributed by atoms with van der Waals surface area (Å²) in [6.07, 6.45) is 4.78. The lowest BCUT2D eigenvalue weighted by Crippen LogP contribution is -2.42. The van der Waals surface area contributed by atoms with Crippen LogP contribution in [0.4, 0.5) is 9.59 Å². The number of carbonyl (C=O) groups is 4. The van der Waals surface area contributed by atoms with E-state index in [-0.39, 0.29) is 30.4 Å². The largest absolute Gasteiger partial charge is 0.465 e. The average Bonchev–Trinajstić information content (AvgIpc) is 4.03. The first kappa shape index (κ1) is 35.0. The molecule has 0 saturated carbocycles. The van der Waals surface area contributed by atoms with E-state index in [1.165, 1.54) is 7.11 Å². The lowest BCUT2D eigenvalue weighted by Gasteiger charge is -2.28. The van der Waals surface area contributed by atoms with Gasteiger partial charge in [-0.05, 0) is 53.5 Å². The van der Waals surface area contributed by atoms with Crippen LogP contribution in [0.3, 0.4) is 0 Å². The number of alkyl carbamates (subject to hydrolysis) is 1. The molecule has 2 aliphatic rings. The van der Waals surface area contributed by atoms with E-state index >= 15 is 0 Å². The third-order valence-electron chi connectivity index (χ3n) is 9.87. The van der Waals surface area contributed by atoms with E-state index in [2.05, 4.69) is 42.7 Å². The molecular formula is C39H40N8O6. The van der Waals surface area contributed by atoms with Crippen LogP contribution in [0.5, 0.6) is 0 Å². The molecule has 7 rings (SSSR count). The first-order chi connectivity index (χ1) is 25.8. The maximum absolute atomic E-state index is 13.8. The number of amides is 4. The predicted octanol–water partition coefficient (Wildman–Crippen LogP) is 5.83. The summed E-state index contributed by atoms with van der Waals surface area (Å²) in [5.74, 6) is 0.888. The van der Waals surface area contributed by atoms with Crippen molar-refractivity contribution in [2.75, 3.05) is 26.7 Å². The van der Waals surface area contributed by atoms with Crippen LogP contribution in [-0.2, 0) is 14.3 Å². The van der Waals surface area contributed by atoms with Crippen molar-refractivity contribution in [3.8, 4) is 33.6 Å². The lowest BCUT2D eigenvalue weighted by atomic mass is 10.0. The normalized spacial score (nSPS) is 17.4. The van der Waals surface area contributed by atoms with Gasteiger partial charge in [0.1, 0.15) is 24.2 Å². The molecule has 3 atom stereocenters. The topological polar surface area (TPSA) is 186 Å². The van der Waals surface area contributed by atoms with Crippen molar-refractivity contribution in [1.29, 1.82) is 0 Å². The number of hydrogen-bond donors (Lipinski definition) is 5. The van der Waals surface area contributed by atoms with Crippen molar-refractivity contribution in [2.45, 2.75) is 43.8 Å². The minimum absolute atomic E-state index is 0.218. The summed E-state index contributed by atoms with van der Waals surface area (Å²) in [5, 5.41) is 13.7. The highest BCUT2D eigenvalue weighted by molar-refractivity contribution is 5.87. The highest BCUT2D eigenvalue weighted by Gasteiger charge is 2.37. The number of ether oxygens (including phenoxy) is 1. The fourth-order valence-corrected chi connectivity index (χ4v) is 7.18. The van der Waals surface area contributed by atoms with E-state index in [1.807, 2.05) is 66.7 Å². The van der Waals surface area contributed by atoms with Crippen LogP contribution < -0.4 is 10.6 Å². The van der Waals surface area contributed by atoms with Gasteiger partial charge >= 0.3 is 12.2 Å². The van der Waals surface area contributed by atoms with Gasteiger partial charge in [-0.25, -0.2) is 19.6 Å². The van der Waals surface area contributed by atoms with Gasteiger partial charge in [0.25, 0.3) is 5.91 Å². The molecule has 0 bridgehead atoms. The number of rotatable bonds is 10. The summed E-state index contributed by atoms with van der Waals surface area (Å²) in [6.45, 7) is 0.846. The van der Waals surface area contributed by atoms with Gasteiger partial charge in [-0.1, -0.05) is 78.9 Å². The zero-order valence-corrected chi connectivity index (χ0v) is 29.1. The molecule has 5 N–H and O–H groups in total. The molecule has 14 heteroatoms. The monoisotopic (exact) mass is 716 g/mol. The Hall–Kier alpha value is -6.44. The van der Waals surface area contributed by atoms with Crippen molar-refractivity contribution in [1.82, 2.24) is 40.4 Å². The van der Waals surface area contributed by atoms with Crippen molar-refractivity contribution >= 4 is 24.0 Å². The van der Waals surface area contributed by atoms with Crippen LogP contribution in [0, 0.1) is 0 Å². The number of aromatic amines is 2. The Bertz CT molecular complexity index is 2080. The van der Waals surface area contributed by atoms with E-state index < -0.39 is 18.2 Å². The van der Waals surface area contributed by atoms with Gasteiger partial charge in [0.05, 0.1) is 43.0 Å². The third-order valence-corrected chi connectivity index (χ3v) is 9.87. The standard InChI is InChI=1S/C39H40N8O6/c1-53-39(52)45-34(28-7-3-2-4-8-28)37(49)47-20-6-10-32(47)36-41-22-30(44-36)27-17-13-25(14-18-27)24-11-15-26(16-12-24)29-21-40-35(43-29)31-9-5-19-46(31)33(48)23-42-38(50)51/h2-4,7-8,11-18,21-22,31-32,34,42H,5-6,9-10,19-20,23H2,1H3,(H,40,43)(H,41,44)(H,45,52)(H,50,51)/t31-,32-,34+/m0/s1. The highest BCUT2D eigenvalue weighted by atomic mass is 16.5. The first-order valence-electron chi connectivity index (χ1n) is 17.6. The Morgan fingerprint density at radius 1 is 0.774 bits per heavy atom. The Kier molecular flexibility index (Phi) is 10.2. The molecule has 272 valence electrons. The number of hydrogen-bond acceptors (Lipinski definition) is 7. The van der Waals surface area contributed by atoms with Crippen LogP contribution >= 0.6 is 0 Å². The number of carbonyl (C=O) groups excluding carboxylic acids is 3. The zero-order chi connectivity index (χ0) is 36.9. The van der Waals surface area contributed by atoms with Crippen molar-refractivity contribution in [3.63, 3.8) is 0 Å². The number of carboxylic acid groups (broad SMARTS) is 1. The summed E-state index contributed by atoms with van der Waals surface area (Å²) in [5.41, 5.74) is 6.33. The summed E-state index contributed by atoms with van der Waals surface area (Å²) in [4.78, 5) is 68.9. The van der Waals surface area contributed by atoms with Crippen molar-refractivity contribution in [3.05, 3.63) is 108 Å². The third kappa shape index (κ3) is 7.61. The highest BCUT2D eigenvalue weighted by Crippen LogP contribution is 2.35. The van der Waals surface area contributed by atoms with E-state index in [0.717, 1.165) is 59.3 Å². The smallest absolute Gasteiger partial charge is 0.407 e. The molecule has 0 spiro atoms. The van der Waals surface area contributed by atoms with Crippen LogP contribution in [0.15, 0.2) is 91.3 Å². The van der Waals surface area contributed by atoms with Gasteiger partial charge < -0.3 is 40.2 Å². The number of nitrogens with zero attached hydrogens (tertiary/aromatic N) is 4. The summed E-state index contributed by atoms with van der Waals surface area (Å²) >= 11 is 0. The zero-order valence-electron chi connectivity index (χ0n) is 29.1. The van der Waals surface area contributed by atoms with Crippen molar-refractivity contribution < 1.29 is 29.0 Å². The molecule has 5 aromatic rings. The van der Waals surface area contributed by atoms with Gasteiger partial charge in [0, 0.05) is 13.1 Å². The SMILES string of the molecule is COC(=O)N[C@@H](C(=O)N1CCC[C@H]1c1ncc(-c2ccc(-c3ccc(-c4cnc([C@@H]5CCCN5C(=O)CNC(=O)O)[nH]4)cc3)cc2)[nH]1)c1ccccc1. The quantitative estimate of drug-likeness (QED) is 0.120. The van der Waals surface area contributed by atoms with Crippen LogP contribution in [0.25, 0.3) is 33.6 Å². The average molecular weight is 717 g/mol. The number of H-pyrrole nitrogens is 2. The Labute approximate surface area is 305 Å². The van der Waals surface area contributed by atoms with Gasteiger partial charge in [-0.15, -0.1) is 0 Å². The number of methoxy groups -OCH3 is 1. The second kappa shape index (κ2) is 15.4. The number of benzene rings is 3. The Morgan fingerprint density at radius 2 is 1.28 bits per heavy atom. The van der Waals surface area contributed by atoms with Gasteiger partial charge in [-0.2, -0.15) is 0 Å². The van der Waals surface area contributed by atoms with Gasteiger partial charge in [0.2, 0.25) is 5.91 Å². The predicted molar refractivity (Wildman–Crippen MR) is 195 cm³/mol.